The van der Waals surface area contributed by atoms with Gasteiger partial charge in [0.15, 0.2) is 17.5 Å². The van der Waals surface area contributed by atoms with Crippen LogP contribution in [0.5, 0.6) is 11.5 Å². The zero-order chi connectivity index (χ0) is 38.7. The van der Waals surface area contributed by atoms with E-state index in [-0.39, 0.29) is 23.2 Å². The number of likely N-dealkylation sites (N-methyl/N-ethyl adjacent to an activating group) is 2. The van der Waals surface area contributed by atoms with Crippen LogP contribution in [0.2, 0.25) is 0 Å². The fourth-order valence-electron chi connectivity index (χ4n) is 7.97. The van der Waals surface area contributed by atoms with E-state index in [1.807, 2.05) is 11.0 Å². The molecule has 9 N–H and O–H groups in total. The lowest BCUT2D eigenvalue weighted by Gasteiger charge is -2.57. The molecule has 2 aliphatic heterocycles. The second-order valence-corrected chi connectivity index (χ2v) is 13.9. The molecular weight excluding hydrogens is 688 g/mol. The Morgan fingerprint density at radius 1 is 1.09 bits per heavy atom. The molecule has 2 saturated heterocycles. The first-order valence-corrected chi connectivity index (χ1v) is 18.1. The summed E-state index contributed by atoms with van der Waals surface area (Å²) < 4.78 is 11.4. The number of aliphatic carboxylic acids is 1. The maximum atomic E-state index is 12.7. The Balaban J connectivity index is 0.000000248. The van der Waals surface area contributed by atoms with Gasteiger partial charge in [-0.3, -0.25) is 24.2 Å². The summed E-state index contributed by atoms with van der Waals surface area (Å²) in [5.41, 5.74) is 12.4. The summed E-state index contributed by atoms with van der Waals surface area (Å²) in [4.78, 5) is 65.6. The summed E-state index contributed by atoms with van der Waals surface area (Å²) in [6.45, 7) is 2.43. The van der Waals surface area contributed by atoms with Gasteiger partial charge < -0.3 is 56.9 Å². The van der Waals surface area contributed by atoms with Gasteiger partial charge in [0.05, 0.1) is 13.7 Å². The summed E-state index contributed by atoms with van der Waals surface area (Å²) in [5.74, 6) is -1.21. The van der Waals surface area contributed by atoms with Crippen LogP contribution in [0, 0.1) is 5.92 Å². The summed E-state index contributed by atoms with van der Waals surface area (Å²) in [6, 6.07) is 3.61. The molecule has 292 valence electrons. The van der Waals surface area contributed by atoms with Crippen LogP contribution >= 0.6 is 0 Å². The number of hydrogen-bond acceptors (Lipinski definition) is 10. The van der Waals surface area contributed by atoms with Crippen LogP contribution in [0.3, 0.4) is 0 Å². The van der Waals surface area contributed by atoms with Crippen molar-refractivity contribution in [2.45, 2.75) is 81.7 Å². The fourth-order valence-corrected chi connectivity index (χ4v) is 7.97. The largest absolute Gasteiger partial charge is 0.504 e. The molecule has 2 bridgehead atoms. The van der Waals surface area contributed by atoms with Gasteiger partial charge in [0.25, 0.3) is 0 Å². The number of methoxy groups -OCH3 is 1. The highest BCUT2D eigenvalue weighted by atomic mass is 16.6. The Morgan fingerprint density at radius 3 is 2.49 bits per heavy atom. The molecule has 2 fully saturated rings. The van der Waals surface area contributed by atoms with E-state index < -0.39 is 42.7 Å². The van der Waals surface area contributed by atoms with Crippen molar-refractivity contribution < 1.29 is 43.7 Å². The lowest BCUT2D eigenvalue weighted by Crippen LogP contribution is -2.59. The smallest absolute Gasteiger partial charge is 0.414 e. The number of phenolic OH excluding ortho intramolecular Hbond substituents is 1. The van der Waals surface area contributed by atoms with E-state index in [1.165, 1.54) is 19.0 Å². The highest BCUT2D eigenvalue weighted by Crippen LogP contribution is 2.58. The molecule has 5 rings (SSSR count). The summed E-state index contributed by atoms with van der Waals surface area (Å²) in [5, 5.41) is 26.5. The van der Waals surface area contributed by atoms with Gasteiger partial charge in [0.2, 0.25) is 17.7 Å². The molecule has 0 spiro atoms. The number of nitrogens with one attached hydrogen (secondary N) is 3. The maximum absolute atomic E-state index is 12.7. The fraction of sp³-hybridized carbons (Fsp3) is 0.611. The highest BCUT2D eigenvalue weighted by Gasteiger charge is 2.55. The Bertz CT molecular complexity index is 1570. The number of carbonyl (C=O) groups excluding carboxylic acids is 4. The summed E-state index contributed by atoms with van der Waals surface area (Å²) in [6.07, 6.45) is 8.63. The normalized spacial score (nSPS) is 22.2. The molecule has 53 heavy (non-hydrogen) atoms. The van der Waals surface area contributed by atoms with Crippen molar-refractivity contribution in [3.63, 3.8) is 0 Å². The zero-order valence-corrected chi connectivity index (χ0v) is 30.8. The number of amides is 4. The van der Waals surface area contributed by atoms with Crippen molar-refractivity contribution in [1.29, 1.82) is 0 Å². The number of nitrogens with zero attached hydrogens (tertiary/aromatic N) is 3. The monoisotopic (exact) mass is 742 g/mol. The Morgan fingerprint density at radius 2 is 1.83 bits per heavy atom. The Kier molecular flexibility index (Phi) is 14.3. The molecule has 4 aliphatic rings. The molecule has 2 aliphatic carbocycles. The van der Waals surface area contributed by atoms with Crippen molar-refractivity contribution in [2.75, 3.05) is 53.9 Å². The van der Waals surface area contributed by atoms with E-state index in [2.05, 4.69) is 45.0 Å². The number of aromatic hydroxyl groups is 1. The van der Waals surface area contributed by atoms with Gasteiger partial charge in [-0.2, -0.15) is 0 Å². The van der Waals surface area contributed by atoms with E-state index in [0.29, 0.717) is 43.5 Å². The average Bonchev–Trinajstić information content (AvgIpc) is 3.13. The van der Waals surface area contributed by atoms with Crippen molar-refractivity contribution in [3.8, 4) is 11.5 Å². The number of fused-ring (bicyclic) bond motifs is 1. The summed E-state index contributed by atoms with van der Waals surface area (Å²) in [7, 11) is 5.23. The van der Waals surface area contributed by atoms with E-state index in [4.69, 9.17) is 26.0 Å². The second kappa shape index (κ2) is 18.6. The number of piperidine rings is 2. The third kappa shape index (κ3) is 10.3. The average molecular weight is 743 g/mol. The topological polar surface area (TPSA) is 251 Å². The molecule has 0 radical (unpaired) electrons. The Hall–Kier alpha value is -5.06. The van der Waals surface area contributed by atoms with Crippen molar-refractivity contribution >= 4 is 35.7 Å². The Labute approximate surface area is 309 Å². The minimum Gasteiger partial charge on any atom is -0.504 e. The maximum Gasteiger partial charge on any atom is 0.414 e. The molecule has 17 heteroatoms. The van der Waals surface area contributed by atoms with Gasteiger partial charge in [-0.25, -0.2) is 4.79 Å². The molecule has 17 nitrogen and oxygen atoms in total. The number of hydrogen-bond donors (Lipinski definition) is 7. The number of carboxylic acid groups (broad SMARTS) is 1. The van der Waals surface area contributed by atoms with Gasteiger partial charge in [0.1, 0.15) is 18.2 Å². The van der Waals surface area contributed by atoms with Crippen LogP contribution < -0.4 is 32.2 Å². The van der Waals surface area contributed by atoms with Crippen LogP contribution in [0.4, 0.5) is 4.79 Å². The van der Waals surface area contributed by atoms with Crippen molar-refractivity contribution in [1.82, 2.24) is 25.8 Å². The van der Waals surface area contributed by atoms with E-state index in [9.17, 15) is 29.1 Å². The molecule has 1 aromatic carbocycles. The number of carbonyl (C=O) groups is 5. The minimum atomic E-state index is -1.30. The van der Waals surface area contributed by atoms with E-state index in [0.717, 1.165) is 63.1 Å². The lowest BCUT2D eigenvalue weighted by atomic mass is 9.53. The van der Waals surface area contributed by atoms with Crippen LogP contribution in [0.15, 0.2) is 29.0 Å². The number of carboxylic acids is 1. The number of nitrogens with two attached hydrogens (primary N) is 2. The number of rotatable bonds is 12. The SMILES string of the molecule is CNC(=O)C(CCCN=C(N)N)NC(=O)CNC(=O)CC(=O)O.COc1ccc2c(c1O)C13CCN(C)C(C2)C1CC=C(OC(=O)N1CCCCC1)C3. The quantitative estimate of drug-likeness (QED) is 0.0676. The number of ether oxygens (including phenoxy) is 2. The van der Waals surface area contributed by atoms with E-state index >= 15 is 0 Å². The lowest BCUT2D eigenvalue weighted by molar-refractivity contribution is -0.141. The van der Waals surface area contributed by atoms with Crippen LogP contribution in [0.25, 0.3) is 0 Å². The number of likely N-dealkylation sites (tertiary alicyclic amines) is 2. The van der Waals surface area contributed by atoms with Gasteiger partial charge in [-0.1, -0.05) is 6.07 Å². The predicted molar refractivity (Wildman–Crippen MR) is 195 cm³/mol. The second-order valence-electron chi connectivity index (χ2n) is 13.9. The van der Waals surface area contributed by atoms with Gasteiger partial charge in [-0.05, 0) is 88.6 Å². The molecule has 4 atom stereocenters. The molecule has 4 unspecified atom stereocenters. The third-order valence-corrected chi connectivity index (χ3v) is 10.5. The number of phenols is 1. The van der Waals surface area contributed by atoms with Crippen LogP contribution in [-0.4, -0.2) is 122 Å². The number of guanidine groups is 1. The van der Waals surface area contributed by atoms with Gasteiger partial charge in [0, 0.05) is 50.1 Å². The van der Waals surface area contributed by atoms with Gasteiger partial charge in [-0.15, -0.1) is 0 Å². The molecule has 1 aromatic rings. The molecule has 2 heterocycles. The van der Waals surface area contributed by atoms with E-state index in [1.54, 1.807) is 7.11 Å². The predicted octanol–water partition coefficient (Wildman–Crippen LogP) is 0.677. The number of benzene rings is 1. The zero-order valence-electron chi connectivity index (χ0n) is 30.8. The standard InChI is InChI=1S/C24H32N2O4.C12H22N6O5/c1-25-13-10-24-15-17(30-23(28)26-11-4-3-5-12-26)7-8-18(24)19(25)14-16-6-9-20(29-2)22(27)21(16)24;1-15-11(23)7(3-2-4-16-12(13)14)18-9(20)6-17-8(19)5-10(21)22/h6-7,9,18-19,27H,3-5,8,10-15H2,1-2H3;7H,2-6H2,1H3,(H,15,23)(H,17,19)(H,18,20)(H,21,22)(H4,13,14,16). The number of allylic oxidation sites excluding steroid dienone is 2. The van der Waals surface area contributed by atoms with Crippen molar-refractivity contribution in [2.24, 2.45) is 22.4 Å². The third-order valence-electron chi connectivity index (χ3n) is 10.5. The van der Waals surface area contributed by atoms with Crippen molar-refractivity contribution in [3.05, 3.63) is 35.1 Å². The number of aliphatic imine (C=N–C) groups is 1. The van der Waals surface area contributed by atoms with Gasteiger partial charge >= 0.3 is 12.1 Å². The van der Waals surface area contributed by atoms with Crippen LogP contribution in [0.1, 0.15) is 68.9 Å². The first-order valence-electron chi connectivity index (χ1n) is 18.1. The molecule has 0 aromatic heterocycles. The highest BCUT2D eigenvalue weighted by molar-refractivity contribution is 5.95. The molecular formula is C36H54N8O9. The minimum absolute atomic E-state index is 0.0633. The summed E-state index contributed by atoms with van der Waals surface area (Å²) >= 11 is 0. The molecule has 0 saturated carbocycles. The molecule has 4 amide bonds. The first-order chi connectivity index (χ1) is 25.3. The first kappa shape index (κ1) is 40.7. The van der Waals surface area contributed by atoms with Crippen LogP contribution in [-0.2, 0) is 35.8 Å².